The van der Waals surface area contributed by atoms with Gasteiger partial charge in [0.1, 0.15) is 0 Å². The molecule has 96 valence electrons. The van der Waals surface area contributed by atoms with Gasteiger partial charge in [-0.1, -0.05) is 17.7 Å². The first-order valence-electron chi connectivity index (χ1n) is 5.61. The Morgan fingerprint density at radius 2 is 1.94 bits per heavy atom. The molecule has 17 heavy (non-hydrogen) atoms. The average molecular weight is 256 g/mol. The maximum atomic E-state index is 12.0. The van der Waals surface area contributed by atoms with Gasteiger partial charge in [0.05, 0.1) is 4.90 Å². The summed E-state index contributed by atoms with van der Waals surface area (Å²) >= 11 is 0. The summed E-state index contributed by atoms with van der Waals surface area (Å²) in [6.45, 7) is 6.06. The normalized spacial score (nSPS) is 13.6. The molecule has 1 atom stereocenters. The predicted octanol–water partition coefficient (Wildman–Crippen LogP) is 1.19. The molecule has 1 aromatic rings. The molecule has 0 aliphatic carbocycles. The lowest BCUT2D eigenvalue weighted by molar-refractivity contribution is 0.554. The maximum absolute atomic E-state index is 12.0. The van der Waals surface area contributed by atoms with Gasteiger partial charge in [-0.3, -0.25) is 0 Å². The monoisotopic (exact) mass is 256 g/mol. The summed E-state index contributed by atoms with van der Waals surface area (Å²) in [6, 6.07) is 5.44. The first kappa shape index (κ1) is 14.2. The van der Waals surface area contributed by atoms with Crippen LogP contribution in [0.15, 0.2) is 23.1 Å². The molecule has 0 aromatic heterocycles. The lowest BCUT2D eigenvalue weighted by Gasteiger charge is -2.13. The van der Waals surface area contributed by atoms with Crippen molar-refractivity contribution in [2.24, 2.45) is 0 Å². The zero-order valence-corrected chi connectivity index (χ0v) is 11.6. The fourth-order valence-corrected chi connectivity index (χ4v) is 2.87. The van der Waals surface area contributed by atoms with Gasteiger partial charge in [0.2, 0.25) is 10.0 Å². The van der Waals surface area contributed by atoms with Crippen molar-refractivity contribution in [2.45, 2.75) is 31.7 Å². The van der Waals surface area contributed by atoms with E-state index in [2.05, 4.69) is 10.0 Å². The van der Waals surface area contributed by atoms with E-state index >= 15 is 0 Å². The van der Waals surface area contributed by atoms with E-state index in [0.717, 1.165) is 11.1 Å². The van der Waals surface area contributed by atoms with Crippen molar-refractivity contribution in [3.05, 3.63) is 29.3 Å². The van der Waals surface area contributed by atoms with Gasteiger partial charge in [-0.25, -0.2) is 13.1 Å². The highest BCUT2D eigenvalue weighted by atomic mass is 32.2. The summed E-state index contributed by atoms with van der Waals surface area (Å²) in [7, 11) is -1.60. The van der Waals surface area contributed by atoms with Crippen LogP contribution in [0.25, 0.3) is 0 Å². The van der Waals surface area contributed by atoms with Crippen molar-refractivity contribution in [2.75, 3.05) is 13.6 Å². The number of rotatable bonds is 5. The maximum Gasteiger partial charge on any atom is 0.240 e. The third-order valence-electron chi connectivity index (χ3n) is 2.69. The summed E-state index contributed by atoms with van der Waals surface area (Å²) in [6.07, 6.45) is 0. The minimum atomic E-state index is -3.40. The molecule has 5 heteroatoms. The zero-order chi connectivity index (χ0) is 13.1. The second-order valence-corrected chi connectivity index (χ2v) is 6.05. The third-order valence-corrected chi connectivity index (χ3v) is 4.28. The highest BCUT2D eigenvalue weighted by molar-refractivity contribution is 7.89. The molecule has 0 radical (unpaired) electrons. The Bertz CT molecular complexity index is 483. The van der Waals surface area contributed by atoms with E-state index in [9.17, 15) is 8.42 Å². The van der Waals surface area contributed by atoms with Crippen molar-refractivity contribution < 1.29 is 8.42 Å². The zero-order valence-electron chi connectivity index (χ0n) is 10.7. The van der Waals surface area contributed by atoms with Crippen LogP contribution in [0.1, 0.15) is 18.1 Å². The molecule has 0 saturated carbocycles. The molecule has 0 spiro atoms. The number of nitrogens with one attached hydrogen (secondary N) is 2. The Labute approximate surface area is 103 Å². The standard InChI is InChI=1S/C12H20N2O2S/c1-9-5-6-12(10(2)7-9)17(15,16)14-8-11(3)13-4/h5-7,11,13-14H,8H2,1-4H3. The van der Waals surface area contributed by atoms with Crippen LogP contribution < -0.4 is 10.0 Å². The Kier molecular flexibility index (Phi) is 4.68. The first-order chi connectivity index (χ1) is 7.86. The third kappa shape index (κ3) is 3.80. The summed E-state index contributed by atoms with van der Waals surface area (Å²) in [5.74, 6) is 0. The van der Waals surface area contributed by atoms with Gasteiger partial charge in [-0.15, -0.1) is 0 Å². The fourth-order valence-electron chi connectivity index (χ4n) is 1.52. The Hall–Kier alpha value is -0.910. The van der Waals surface area contributed by atoms with Crippen LogP contribution in [0.4, 0.5) is 0 Å². The molecule has 1 unspecified atom stereocenters. The van der Waals surface area contributed by atoms with E-state index in [0.29, 0.717) is 11.4 Å². The quantitative estimate of drug-likeness (QED) is 0.832. The summed E-state index contributed by atoms with van der Waals surface area (Å²) < 4.78 is 26.7. The van der Waals surface area contributed by atoms with Crippen LogP contribution in [0.3, 0.4) is 0 Å². The van der Waals surface area contributed by atoms with Crippen molar-refractivity contribution in [1.82, 2.24) is 10.0 Å². The van der Waals surface area contributed by atoms with E-state index < -0.39 is 10.0 Å². The summed E-state index contributed by atoms with van der Waals surface area (Å²) in [5.41, 5.74) is 1.83. The molecule has 2 N–H and O–H groups in total. The van der Waals surface area contributed by atoms with Crippen molar-refractivity contribution in [1.29, 1.82) is 0 Å². The van der Waals surface area contributed by atoms with Crippen LogP contribution in [0, 0.1) is 13.8 Å². The Morgan fingerprint density at radius 3 is 2.47 bits per heavy atom. The van der Waals surface area contributed by atoms with Gasteiger partial charge in [-0.05, 0) is 39.4 Å². The second-order valence-electron chi connectivity index (χ2n) is 4.31. The SMILES string of the molecule is CNC(C)CNS(=O)(=O)c1ccc(C)cc1C. The predicted molar refractivity (Wildman–Crippen MR) is 69.6 cm³/mol. The van der Waals surface area contributed by atoms with Crippen LogP contribution in [-0.4, -0.2) is 28.1 Å². The molecule has 4 nitrogen and oxygen atoms in total. The molecule has 1 rings (SSSR count). The molecular formula is C12H20N2O2S. The van der Waals surface area contributed by atoms with Gasteiger partial charge >= 0.3 is 0 Å². The van der Waals surface area contributed by atoms with Gasteiger partial charge in [-0.2, -0.15) is 0 Å². The van der Waals surface area contributed by atoms with Gasteiger partial charge in [0.25, 0.3) is 0 Å². The largest absolute Gasteiger partial charge is 0.316 e. The number of benzene rings is 1. The smallest absolute Gasteiger partial charge is 0.240 e. The summed E-state index contributed by atoms with van der Waals surface area (Å²) in [5, 5.41) is 2.99. The van der Waals surface area contributed by atoms with E-state index in [1.54, 1.807) is 13.1 Å². The number of sulfonamides is 1. The first-order valence-corrected chi connectivity index (χ1v) is 7.09. The molecule has 0 fully saturated rings. The molecular weight excluding hydrogens is 236 g/mol. The number of hydrogen-bond donors (Lipinski definition) is 2. The van der Waals surface area contributed by atoms with E-state index in [4.69, 9.17) is 0 Å². The van der Waals surface area contributed by atoms with Crippen molar-refractivity contribution >= 4 is 10.0 Å². The lowest BCUT2D eigenvalue weighted by Crippen LogP contribution is -2.37. The van der Waals surface area contributed by atoms with Crippen LogP contribution in [0.2, 0.25) is 0 Å². The molecule has 0 amide bonds. The Morgan fingerprint density at radius 1 is 1.29 bits per heavy atom. The van der Waals surface area contributed by atoms with Gasteiger partial charge < -0.3 is 5.32 Å². The van der Waals surface area contributed by atoms with Gasteiger partial charge in [0, 0.05) is 12.6 Å². The number of hydrogen-bond acceptors (Lipinski definition) is 3. The molecule has 0 aliphatic rings. The second kappa shape index (κ2) is 5.62. The fraction of sp³-hybridized carbons (Fsp3) is 0.500. The van der Waals surface area contributed by atoms with Crippen LogP contribution >= 0.6 is 0 Å². The number of aryl methyl sites for hydroxylation is 2. The molecule has 1 aromatic carbocycles. The van der Waals surface area contributed by atoms with E-state index in [1.165, 1.54) is 0 Å². The van der Waals surface area contributed by atoms with Gasteiger partial charge in [0.15, 0.2) is 0 Å². The minimum Gasteiger partial charge on any atom is -0.316 e. The highest BCUT2D eigenvalue weighted by Gasteiger charge is 2.16. The van der Waals surface area contributed by atoms with E-state index in [1.807, 2.05) is 32.9 Å². The van der Waals surface area contributed by atoms with Crippen LogP contribution in [-0.2, 0) is 10.0 Å². The number of likely N-dealkylation sites (N-methyl/N-ethyl adjacent to an activating group) is 1. The van der Waals surface area contributed by atoms with Crippen molar-refractivity contribution in [3.8, 4) is 0 Å². The van der Waals surface area contributed by atoms with E-state index in [-0.39, 0.29) is 6.04 Å². The topological polar surface area (TPSA) is 58.2 Å². The molecule has 0 bridgehead atoms. The minimum absolute atomic E-state index is 0.107. The lowest BCUT2D eigenvalue weighted by atomic mass is 10.2. The molecule has 0 aliphatic heterocycles. The average Bonchev–Trinajstić information content (AvgIpc) is 2.25. The molecule has 0 heterocycles. The van der Waals surface area contributed by atoms with Crippen LogP contribution in [0.5, 0.6) is 0 Å². The highest BCUT2D eigenvalue weighted by Crippen LogP contribution is 2.15. The Balaban J connectivity index is 2.90. The molecule has 0 saturated heterocycles. The van der Waals surface area contributed by atoms with Crippen molar-refractivity contribution in [3.63, 3.8) is 0 Å². The summed E-state index contributed by atoms with van der Waals surface area (Å²) in [4.78, 5) is 0.353.